The van der Waals surface area contributed by atoms with Gasteiger partial charge in [0.2, 0.25) is 5.95 Å². The highest BCUT2D eigenvalue weighted by atomic mass is 16.5. The molecule has 2 saturated heterocycles. The summed E-state index contributed by atoms with van der Waals surface area (Å²) in [5, 5.41) is 16.5. The number of hydrogen-bond donors (Lipinski definition) is 1. The van der Waals surface area contributed by atoms with Crippen LogP contribution < -0.4 is 15.1 Å². The molecule has 2 fully saturated rings. The van der Waals surface area contributed by atoms with Crippen molar-refractivity contribution in [2.45, 2.75) is 25.8 Å². The maximum atomic E-state index is 5.42. The largest absolute Gasteiger partial charge is 0.378 e. The van der Waals surface area contributed by atoms with Crippen molar-refractivity contribution in [2.24, 2.45) is 0 Å². The molecule has 0 bridgehead atoms. The number of anilines is 3. The minimum Gasteiger partial charge on any atom is -0.378 e. The molecule has 0 radical (unpaired) electrons. The molecule has 0 aliphatic carbocycles. The first-order chi connectivity index (χ1) is 14.3. The number of hydrogen-bond acceptors (Lipinski definition) is 9. The molecule has 0 spiro atoms. The monoisotopic (exact) mass is 395 g/mol. The van der Waals surface area contributed by atoms with Crippen LogP contribution in [0.5, 0.6) is 0 Å². The minimum atomic E-state index is 0.302. The van der Waals surface area contributed by atoms with Gasteiger partial charge in [-0.3, -0.25) is 0 Å². The zero-order valence-electron chi connectivity index (χ0n) is 16.5. The summed E-state index contributed by atoms with van der Waals surface area (Å²) >= 11 is 0. The molecule has 5 heterocycles. The van der Waals surface area contributed by atoms with Crippen LogP contribution in [-0.4, -0.2) is 75.2 Å². The van der Waals surface area contributed by atoms with Gasteiger partial charge in [0.25, 0.3) is 0 Å². The Kier molecular flexibility index (Phi) is 4.84. The summed E-state index contributed by atoms with van der Waals surface area (Å²) in [6.07, 6.45) is 4.02. The zero-order chi connectivity index (χ0) is 19.6. The number of ether oxygens (including phenoxy) is 1. The summed E-state index contributed by atoms with van der Waals surface area (Å²) in [7, 11) is 0. The topological polar surface area (TPSA) is 96.6 Å². The summed E-state index contributed by atoms with van der Waals surface area (Å²) in [6.45, 7) is 6.88. The van der Waals surface area contributed by atoms with Crippen LogP contribution in [0.3, 0.4) is 0 Å². The van der Waals surface area contributed by atoms with E-state index < -0.39 is 0 Å². The third-order valence-electron chi connectivity index (χ3n) is 5.44. The van der Waals surface area contributed by atoms with E-state index in [1.54, 1.807) is 4.52 Å². The fourth-order valence-corrected chi connectivity index (χ4v) is 3.91. The summed E-state index contributed by atoms with van der Waals surface area (Å²) in [6, 6.07) is 6.23. The molecule has 1 N–H and O–H groups in total. The molecule has 2 aliphatic rings. The van der Waals surface area contributed by atoms with Crippen LogP contribution in [0.4, 0.5) is 17.6 Å². The number of nitrogens with zero attached hydrogens (tertiary/aromatic N) is 8. The Morgan fingerprint density at radius 1 is 1.07 bits per heavy atom. The average molecular weight is 395 g/mol. The fraction of sp³-hybridized carbons (Fsp3) is 0.526. The van der Waals surface area contributed by atoms with Gasteiger partial charge in [-0.2, -0.15) is 9.50 Å². The van der Waals surface area contributed by atoms with E-state index in [-0.39, 0.29) is 0 Å². The Hall–Kier alpha value is -3.01. The van der Waals surface area contributed by atoms with Crippen LogP contribution >= 0.6 is 0 Å². The normalized spacial score (nSPS) is 20.2. The van der Waals surface area contributed by atoms with E-state index in [9.17, 15) is 0 Å². The molecule has 3 aromatic rings. The lowest BCUT2D eigenvalue weighted by molar-refractivity contribution is 0.122. The molecule has 0 amide bonds. The summed E-state index contributed by atoms with van der Waals surface area (Å²) in [5.41, 5.74) is 0.773. The van der Waals surface area contributed by atoms with Crippen molar-refractivity contribution in [3.63, 3.8) is 0 Å². The molecule has 1 unspecified atom stereocenters. The van der Waals surface area contributed by atoms with Crippen LogP contribution in [0, 0.1) is 6.92 Å². The van der Waals surface area contributed by atoms with Gasteiger partial charge in [0.05, 0.1) is 13.2 Å². The van der Waals surface area contributed by atoms with Crippen molar-refractivity contribution in [3.8, 4) is 0 Å². The molecular formula is C19H25N9O. The highest BCUT2D eigenvalue weighted by Gasteiger charge is 2.22. The number of aromatic nitrogens is 6. The van der Waals surface area contributed by atoms with Gasteiger partial charge < -0.3 is 19.9 Å². The van der Waals surface area contributed by atoms with E-state index in [4.69, 9.17) is 14.8 Å². The molecule has 3 aromatic heterocycles. The third-order valence-corrected chi connectivity index (χ3v) is 5.44. The molecule has 2 aliphatic heterocycles. The average Bonchev–Trinajstić information content (AvgIpc) is 3.15. The number of fused-ring (bicyclic) bond motifs is 1. The Labute approximate surface area is 168 Å². The van der Waals surface area contributed by atoms with Gasteiger partial charge in [0.15, 0.2) is 11.5 Å². The van der Waals surface area contributed by atoms with Gasteiger partial charge in [-0.05, 0) is 38.0 Å². The molecule has 152 valence electrons. The fourth-order valence-electron chi connectivity index (χ4n) is 3.91. The van der Waals surface area contributed by atoms with Crippen molar-refractivity contribution in [1.82, 2.24) is 29.8 Å². The van der Waals surface area contributed by atoms with Crippen LogP contribution in [0.25, 0.3) is 5.65 Å². The lowest BCUT2D eigenvalue weighted by Crippen LogP contribution is -2.43. The lowest BCUT2D eigenvalue weighted by atomic mass is 10.1. The maximum Gasteiger partial charge on any atom is 0.227 e. The van der Waals surface area contributed by atoms with E-state index in [0.717, 1.165) is 81.3 Å². The highest BCUT2D eigenvalue weighted by molar-refractivity contribution is 5.47. The molecule has 1 atom stereocenters. The van der Waals surface area contributed by atoms with Crippen molar-refractivity contribution < 1.29 is 4.74 Å². The number of morpholine rings is 1. The van der Waals surface area contributed by atoms with Crippen LogP contribution in [0.2, 0.25) is 0 Å². The van der Waals surface area contributed by atoms with Gasteiger partial charge >= 0.3 is 0 Å². The second kappa shape index (κ2) is 7.78. The van der Waals surface area contributed by atoms with E-state index in [0.29, 0.717) is 6.04 Å². The smallest absolute Gasteiger partial charge is 0.227 e. The molecule has 0 saturated carbocycles. The van der Waals surface area contributed by atoms with E-state index in [2.05, 4.69) is 30.3 Å². The maximum absolute atomic E-state index is 5.42. The van der Waals surface area contributed by atoms with Crippen molar-refractivity contribution in [1.29, 1.82) is 0 Å². The summed E-state index contributed by atoms with van der Waals surface area (Å²) in [5.74, 6) is 3.38. The molecule has 10 nitrogen and oxygen atoms in total. The van der Waals surface area contributed by atoms with Gasteiger partial charge in [-0.15, -0.1) is 15.3 Å². The Balaban J connectivity index is 1.29. The first kappa shape index (κ1) is 18.0. The first-order valence-corrected chi connectivity index (χ1v) is 10.1. The number of rotatable bonds is 4. The molecule has 10 heteroatoms. The quantitative estimate of drug-likeness (QED) is 0.697. The van der Waals surface area contributed by atoms with Gasteiger partial charge in [0, 0.05) is 38.4 Å². The van der Waals surface area contributed by atoms with Crippen molar-refractivity contribution in [2.75, 3.05) is 54.5 Å². The molecule has 29 heavy (non-hydrogen) atoms. The van der Waals surface area contributed by atoms with Gasteiger partial charge in [0.1, 0.15) is 11.6 Å². The lowest BCUT2D eigenvalue weighted by Gasteiger charge is -2.34. The van der Waals surface area contributed by atoms with Gasteiger partial charge in [-0.25, -0.2) is 4.98 Å². The van der Waals surface area contributed by atoms with Crippen LogP contribution in [0.15, 0.2) is 24.4 Å². The van der Waals surface area contributed by atoms with Crippen molar-refractivity contribution in [3.05, 3.63) is 30.2 Å². The van der Waals surface area contributed by atoms with Crippen LogP contribution in [0.1, 0.15) is 18.7 Å². The Bertz CT molecular complexity index is 985. The Morgan fingerprint density at radius 3 is 2.86 bits per heavy atom. The second-order valence-electron chi connectivity index (χ2n) is 7.48. The second-order valence-corrected chi connectivity index (χ2v) is 7.48. The summed E-state index contributed by atoms with van der Waals surface area (Å²) < 4.78 is 7.22. The number of aryl methyl sites for hydroxylation is 1. The molecule has 5 rings (SSSR count). The highest BCUT2D eigenvalue weighted by Crippen LogP contribution is 2.21. The first-order valence-electron chi connectivity index (χ1n) is 10.1. The van der Waals surface area contributed by atoms with E-state index in [1.807, 2.05) is 31.3 Å². The molecule has 0 aromatic carbocycles. The predicted octanol–water partition coefficient (Wildman–Crippen LogP) is 1.14. The third kappa shape index (κ3) is 3.80. The Morgan fingerprint density at radius 2 is 1.97 bits per heavy atom. The van der Waals surface area contributed by atoms with Gasteiger partial charge in [-0.1, -0.05) is 0 Å². The minimum absolute atomic E-state index is 0.302. The van der Waals surface area contributed by atoms with E-state index >= 15 is 0 Å². The standard InChI is InChI=1S/C19H25N9O/c1-14-23-24-17-4-5-18(25-28(14)17)27-8-2-3-15(13-27)21-16-6-7-20-19(22-16)26-9-11-29-12-10-26/h4-7,15H,2-3,8-13H2,1H3,(H,20,21,22). The number of piperidine rings is 1. The summed E-state index contributed by atoms with van der Waals surface area (Å²) in [4.78, 5) is 13.6. The zero-order valence-corrected chi connectivity index (χ0v) is 16.5. The molecular weight excluding hydrogens is 370 g/mol. The van der Waals surface area contributed by atoms with E-state index in [1.165, 1.54) is 0 Å². The predicted molar refractivity (Wildman–Crippen MR) is 109 cm³/mol. The van der Waals surface area contributed by atoms with Crippen molar-refractivity contribution >= 4 is 23.2 Å². The number of nitrogens with one attached hydrogen (secondary N) is 1. The SMILES string of the molecule is Cc1nnc2ccc(N3CCCC(Nc4ccnc(N5CCOCC5)n4)C3)nn12. The van der Waals surface area contributed by atoms with Crippen LogP contribution in [-0.2, 0) is 4.74 Å².